The van der Waals surface area contributed by atoms with Crippen LogP contribution in [0.25, 0.3) is 0 Å². The van der Waals surface area contributed by atoms with Gasteiger partial charge in [-0.25, -0.2) is 0 Å². The van der Waals surface area contributed by atoms with Gasteiger partial charge in [0.25, 0.3) is 5.91 Å². The van der Waals surface area contributed by atoms with E-state index in [0.29, 0.717) is 18.7 Å². The summed E-state index contributed by atoms with van der Waals surface area (Å²) in [5.41, 5.74) is 0. The SMILES string of the molecule is O=C(COc1ccccc1)NC1CCNCC1=O. The van der Waals surface area contributed by atoms with Crippen molar-refractivity contribution >= 4 is 11.7 Å². The number of Topliss-reactive ketones (excluding diaryl/α,β-unsaturated/α-hetero) is 1. The highest BCUT2D eigenvalue weighted by Crippen LogP contribution is 2.07. The first-order valence-corrected chi connectivity index (χ1v) is 5.96. The van der Waals surface area contributed by atoms with Gasteiger partial charge in [-0.2, -0.15) is 0 Å². The van der Waals surface area contributed by atoms with E-state index >= 15 is 0 Å². The molecule has 1 aromatic rings. The average molecular weight is 248 g/mol. The van der Waals surface area contributed by atoms with Gasteiger partial charge in [0.1, 0.15) is 5.75 Å². The largest absolute Gasteiger partial charge is 0.484 e. The number of hydrogen-bond donors (Lipinski definition) is 2. The summed E-state index contributed by atoms with van der Waals surface area (Å²) in [6.45, 7) is 1.00. The van der Waals surface area contributed by atoms with E-state index in [2.05, 4.69) is 10.6 Å². The summed E-state index contributed by atoms with van der Waals surface area (Å²) < 4.78 is 5.31. The fraction of sp³-hybridized carbons (Fsp3) is 0.385. The van der Waals surface area contributed by atoms with Gasteiger partial charge in [0.05, 0.1) is 12.6 Å². The van der Waals surface area contributed by atoms with Gasteiger partial charge in [0, 0.05) is 0 Å². The zero-order valence-electron chi connectivity index (χ0n) is 10.0. The van der Waals surface area contributed by atoms with Gasteiger partial charge in [0.2, 0.25) is 0 Å². The molecule has 96 valence electrons. The number of ether oxygens (including phenoxy) is 1. The van der Waals surface area contributed by atoms with Crippen molar-refractivity contribution < 1.29 is 14.3 Å². The zero-order chi connectivity index (χ0) is 12.8. The number of amides is 1. The second kappa shape index (κ2) is 6.16. The van der Waals surface area contributed by atoms with Crippen LogP contribution in [0.3, 0.4) is 0 Å². The number of nitrogens with one attached hydrogen (secondary N) is 2. The van der Waals surface area contributed by atoms with Crippen LogP contribution in [-0.2, 0) is 9.59 Å². The molecule has 1 fully saturated rings. The third-order valence-electron chi connectivity index (χ3n) is 2.75. The highest BCUT2D eigenvalue weighted by molar-refractivity contribution is 5.91. The topological polar surface area (TPSA) is 67.4 Å². The van der Waals surface area contributed by atoms with E-state index in [0.717, 1.165) is 6.54 Å². The molecule has 2 N–H and O–H groups in total. The molecule has 1 unspecified atom stereocenters. The van der Waals surface area contributed by atoms with Gasteiger partial charge in [0.15, 0.2) is 12.4 Å². The number of hydrogen-bond acceptors (Lipinski definition) is 4. The molecule has 1 heterocycles. The van der Waals surface area contributed by atoms with Crippen LogP contribution in [0.4, 0.5) is 0 Å². The summed E-state index contributed by atoms with van der Waals surface area (Å²) >= 11 is 0. The number of benzene rings is 1. The van der Waals surface area contributed by atoms with Gasteiger partial charge in [-0.15, -0.1) is 0 Å². The molecule has 5 heteroatoms. The van der Waals surface area contributed by atoms with E-state index in [1.807, 2.05) is 18.2 Å². The van der Waals surface area contributed by atoms with Gasteiger partial charge in [-0.05, 0) is 25.1 Å². The smallest absolute Gasteiger partial charge is 0.258 e. The van der Waals surface area contributed by atoms with E-state index in [4.69, 9.17) is 4.74 Å². The third kappa shape index (κ3) is 3.56. The lowest BCUT2D eigenvalue weighted by atomic mass is 10.1. The molecule has 1 saturated heterocycles. The molecular weight excluding hydrogens is 232 g/mol. The van der Waals surface area contributed by atoms with Crippen molar-refractivity contribution in [3.8, 4) is 5.75 Å². The van der Waals surface area contributed by atoms with Gasteiger partial charge in [-0.1, -0.05) is 18.2 Å². The fourth-order valence-corrected chi connectivity index (χ4v) is 1.80. The van der Waals surface area contributed by atoms with E-state index < -0.39 is 0 Å². The van der Waals surface area contributed by atoms with Crippen LogP contribution < -0.4 is 15.4 Å². The van der Waals surface area contributed by atoms with Crippen LogP contribution in [0, 0.1) is 0 Å². The van der Waals surface area contributed by atoms with Crippen molar-refractivity contribution in [2.45, 2.75) is 12.5 Å². The molecule has 1 aromatic carbocycles. The van der Waals surface area contributed by atoms with Crippen LogP contribution in [0.1, 0.15) is 6.42 Å². The Morgan fingerprint density at radius 1 is 1.39 bits per heavy atom. The lowest BCUT2D eigenvalue weighted by Gasteiger charge is -2.22. The molecule has 1 aliphatic heterocycles. The Balaban J connectivity index is 1.76. The predicted molar refractivity (Wildman–Crippen MR) is 66.4 cm³/mol. The number of para-hydroxylation sites is 1. The number of piperidine rings is 1. The lowest BCUT2D eigenvalue weighted by molar-refractivity contribution is -0.129. The number of ketones is 1. The molecule has 0 aliphatic carbocycles. The van der Waals surface area contributed by atoms with Crippen molar-refractivity contribution in [3.05, 3.63) is 30.3 Å². The quantitative estimate of drug-likeness (QED) is 0.794. The number of carbonyl (C=O) groups is 2. The Morgan fingerprint density at radius 2 is 2.17 bits per heavy atom. The molecule has 0 saturated carbocycles. The number of rotatable bonds is 4. The fourth-order valence-electron chi connectivity index (χ4n) is 1.80. The molecule has 0 aromatic heterocycles. The van der Waals surface area contributed by atoms with E-state index in [9.17, 15) is 9.59 Å². The maximum atomic E-state index is 11.6. The van der Waals surface area contributed by atoms with Gasteiger partial charge >= 0.3 is 0 Å². The molecule has 5 nitrogen and oxygen atoms in total. The molecule has 1 atom stereocenters. The molecule has 0 radical (unpaired) electrons. The van der Waals surface area contributed by atoms with Crippen molar-refractivity contribution in [1.82, 2.24) is 10.6 Å². The van der Waals surface area contributed by atoms with Crippen LogP contribution in [-0.4, -0.2) is 37.4 Å². The summed E-state index contributed by atoms with van der Waals surface area (Å²) in [4.78, 5) is 23.1. The Bertz CT molecular complexity index is 420. The molecule has 0 spiro atoms. The minimum Gasteiger partial charge on any atom is -0.484 e. The monoisotopic (exact) mass is 248 g/mol. The van der Waals surface area contributed by atoms with Gasteiger partial charge in [-0.3, -0.25) is 9.59 Å². The Labute approximate surface area is 106 Å². The molecule has 1 amide bonds. The van der Waals surface area contributed by atoms with Crippen molar-refractivity contribution in [3.63, 3.8) is 0 Å². The minimum absolute atomic E-state index is 0.0225. The second-order valence-corrected chi connectivity index (χ2v) is 4.15. The summed E-state index contributed by atoms with van der Waals surface area (Å²) in [6, 6.07) is 8.73. The molecule has 1 aliphatic rings. The van der Waals surface area contributed by atoms with E-state index in [1.165, 1.54) is 0 Å². The zero-order valence-corrected chi connectivity index (χ0v) is 10.0. The summed E-state index contributed by atoms with van der Waals surface area (Å²) in [6.07, 6.45) is 0.635. The minimum atomic E-state index is -0.377. The van der Waals surface area contributed by atoms with Crippen molar-refractivity contribution in [2.75, 3.05) is 19.7 Å². The predicted octanol–water partition coefficient (Wildman–Crippen LogP) is 0.113. The maximum absolute atomic E-state index is 11.6. The summed E-state index contributed by atoms with van der Waals surface area (Å²) in [7, 11) is 0. The van der Waals surface area contributed by atoms with Crippen molar-refractivity contribution in [2.24, 2.45) is 0 Å². The maximum Gasteiger partial charge on any atom is 0.258 e. The van der Waals surface area contributed by atoms with E-state index in [1.54, 1.807) is 12.1 Å². The summed E-state index contributed by atoms with van der Waals surface area (Å²) in [5.74, 6) is 0.401. The third-order valence-corrected chi connectivity index (χ3v) is 2.75. The first-order valence-electron chi connectivity index (χ1n) is 5.96. The van der Waals surface area contributed by atoms with Crippen molar-refractivity contribution in [1.29, 1.82) is 0 Å². The highest BCUT2D eigenvalue weighted by atomic mass is 16.5. The van der Waals surface area contributed by atoms with Gasteiger partial charge < -0.3 is 15.4 Å². The highest BCUT2D eigenvalue weighted by Gasteiger charge is 2.23. The molecule has 2 rings (SSSR count). The Hall–Kier alpha value is -1.88. The van der Waals surface area contributed by atoms with Crippen LogP contribution in [0.15, 0.2) is 30.3 Å². The average Bonchev–Trinajstić information content (AvgIpc) is 2.40. The molecular formula is C13H16N2O3. The lowest BCUT2D eigenvalue weighted by Crippen LogP contribution is -2.50. The second-order valence-electron chi connectivity index (χ2n) is 4.15. The van der Waals surface area contributed by atoms with Crippen LogP contribution >= 0.6 is 0 Å². The summed E-state index contributed by atoms with van der Waals surface area (Å²) in [5, 5.41) is 5.65. The first-order chi connectivity index (χ1) is 8.75. The molecule has 18 heavy (non-hydrogen) atoms. The van der Waals surface area contributed by atoms with Crippen LogP contribution in [0.5, 0.6) is 5.75 Å². The standard InChI is InChI=1S/C13H16N2O3/c16-12-8-14-7-6-11(12)15-13(17)9-18-10-4-2-1-3-5-10/h1-5,11,14H,6-9H2,(H,15,17). The Kier molecular flexibility index (Phi) is 4.30. The molecule has 0 bridgehead atoms. The number of carbonyl (C=O) groups excluding carboxylic acids is 2. The van der Waals surface area contributed by atoms with Crippen LogP contribution in [0.2, 0.25) is 0 Å². The first kappa shape index (κ1) is 12.6. The Morgan fingerprint density at radius 3 is 2.89 bits per heavy atom. The van der Waals surface area contributed by atoms with E-state index in [-0.39, 0.29) is 24.3 Å². The normalized spacial score (nSPS) is 19.3.